The van der Waals surface area contributed by atoms with Crippen LogP contribution in [-0.2, 0) is 13.1 Å². The van der Waals surface area contributed by atoms with E-state index in [9.17, 15) is 4.79 Å². The van der Waals surface area contributed by atoms with Gasteiger partial charge < -0.3 is 4.90 Å². The van der Waals surface area contributed by atoms with Crippen molar-refractivity contribution in [2.45, 2.75) is 33.9 Å². The van der Waals surface area contributed by atoms with Gasteiger partial charge in [-0.25, -0.2) is 4.68 Å². The Balaban J connectivity index is 1.63. The van der Waals surface area contributed by atoms with Crippen LogP contribution in [0.3, 0.4) is 0 Å². The molecule has 0 spiro atoms. The molecule has 28 heavy (non-hydrogen) atoms. The second-order valence-corrected chi connectivity index (χ2v) is 7.93. The van der Waals surface area contributed by atoms with Crippen LogP contribution in [0.1, 0.15) is 33.5 Å². The largest absolute Gasteiger partial charge is 0.337 e. The van der Waals surface area contributed by atoms with Gasteiger partial charge in [-0.3, -0.25) is 9.48 Å². The summed E-state index contributed by atoms with van der Waals surface area (Å²) in [6.45, 7) is 7.46. The first-order valence-corrected chi connectivity index (χ1v) is 10.1. The summed E-state index contributed by atoms with van der Waals surface area (Å²) in [6.07, 6.45) is 1.85. The second kappa shape index (κ2) is 7.24. The van der Waals surface area contributed by atoms with Gasteiger partial charge in [0.15, 0.2) is 0 Å². The minimum absolute atomic E-state index is 0.0175. The standard InChI is InChI=1S/C21H23N5OS/c1-5-25-15(3)16(12-22-25)13-24(4)20(27)19-11-18-14(2)23-26(21(18)28-19)17-9-7-6-8-10-17/h6-12H,5,13H2,1-4H3. The van der Waals surface area contributed by atoms with Crippen molar-refractivity contribution in [3.8, 4) is 5.69 Å². The summed E-state index contributed by atoms with van der Waals surface area (Å²) in [5.41, 5.74) is 4.11. The predicted octanol–water partition coefficient (Wildman–Crippen LogP) is 4.19. The molecule has 3 aromatic heterocycles. The number of amides is 1. The number of aromatic nitrogens is 4. The van der Waals surface area contributed by atoms with Crippen molar-refractivity contribution in [2.24, 2.45) is 0 Å². The third-order valence-corrected chi connectivity index (χ3v) is 6.11. The van der Waals surface area contributed by atoms with E-state index in [1.807, 2.05) is 72.9 Å². The fraction of sp³-hybridized carbons (Fsp3) is 0.286. The third-order valence-electron chi connectivity index (χ3n) is 5.01. The van der Waals surface area contributed by atoms with E-state index in [1.165, 1.54) is 11.3 Å². The van der Waals surface area contributed by atoms with Gasteiger partial charge in [0.1, 0.15) is 4.83 Å². The summed E-state index contributed by atoms with van der Waals surface area (Å²) in [6, 6.07) is 12.0. The number of hydrogen-bond acceptors (Lipinski definition) is 4. The Morgan fingerprint density at radius 3 is 2.64 bits per heavy atom. The van der Waals surface area contributed by atoms with Crippen LogP contribution in [0, 0.1) is 13.8 Å². The van der Waals surface area contributed by atoms with E-state index in [4.69, 9.17) is 0 Å². The molecule has 6 nitrogen and oxygen atoms in total. The Kier molecular flexibility index (Phi) is 4.77. The number of carbonyl (C=O) groups excluding carboxylic acids is 1. The molecule has 4 aromatic rings. The van der Waals surface area contributed by atoms with Crippen molar-refractivity contribution < 1.29 is 4.79 Å². The molecule has 0 N–H and O–H groups in total. The number of hydrogen-bond donors (Lipinski definition) is 0. The van der Waals surface area contributed by atoms with Gasteiger partial charge in [0.05, 0.1) is 22.5 Å². The summed E-state index contributed by atoms with van der Waals surface area (Å²) in [5.74, 6) is 0.0175. The Labute approximate surface area is 168 Å². The van der Waals surface area contributed by atoms with Crippen LogP contribution in [0.2, 0.25) is 0 Å². The predicted molar refractivity (Wildman–Crippen MR) is 112 cm³/mol. The Morgan fingerprint density at radius 1 is 1.21 bits per heavy atom. The molecule has 4 rings (SSSR count). The number of fused-ring (bicyclic) bond motifs is 1. The minimum Gasteiger partial charge on any atom is -0.337 e. The van der Waals surface area contributed by atoms with Crippen molar-refractivity contribution in [3.05, 3.63) is 64.4 Å². The number of benzene rings is 1. The van der Waals surface area contributed by atoms with Crippen LogP contribution in [0.4, 0.5) is 0 Å². The van der Waals surface area contributed by atoms with Gasteiger partial charge >= 0.3 is 0 Å². The maximum atomic E-state index is 13.0. The second-order valence-electron chi connectivity index (χ2n) is 6.89. The van der Waals surface area contributed by atoms with E-state index in [2.05, 4.69) is 17.1 Å². The lowest BCUT2D eigenvalue weighted by Crippen LogP contribution is -2.25. The van der Waals surface area contributed by atoms with Crippen LogP contribution in [0.5, 0.6) is 0 Å². The lowest BCUT2D eigenvalue weighted by molar-refractivity contribution is 0.0789. The van der Waals surface area contributed by atoms with Gasteiger partial charge in [-0.05, 0) is 39.0 Å². The Bertz CT molecular complexity index is 1140. The molecule has 0 aliphatic rings. The van der Waals surface area contributed by atoms with Crippen molar-refractivity contribution in [2.75, 3.05) is 7.05 Å². The number of carbonyl (C=O) groups is 1. The molecule has 0 fully saturated rings. The Morgan fingerprint density at radius 2 is 1.96 bits per heavy atom. The van der Waals surface area contributed by atoms with Gasteiger partial charge in [-0.15, -0.1) is 11.3 Å². The van der Waals surface area contributed by atoms with E-state index < -0.39 is 0 Å². The van der Waals surface area contributed by atoms with Gasteiger partial charge in [0.25, 0.3) is 5.91 Å². The highest BCUT2D eigenvalue weighted by molar-refractivity contribution is 7.20. The van der Waals surface area contributed by atoms with Crippen LogP contribution < -0.4 is 0 Å². The minimum atomic E-state index is 0.0175. The Hall–Kier alpha value is -2.93. The van der Waals surface area contributed by atoms with Gasteiger partial charge in [0, 0.05) is 36.8 Å². The van der Waals surface area contributed by atoms with Gasteiger partial charge in [-0.2, -0.15) is 10.2 Å². The molecule has 0 unspecified atom stereocenters. The van der Waals surface area contributed by atoms with Crippen molar-refractivity contribution in [3.63, 3.8) is 0 Å². The monoisotopic (exact) mass is 393 g/mol. The molecular formula is C21H23N5OS. The molecule has 7 heteroatoms. The first kappa shape index (κ1) is 18.4. The van der Waals surface area contributed by atoms with Crippen LogP contribution in [0.15, 0.2) is 42.6 Å². The zero-order chi connectivity index (χ0) is 19.8. The fourth-order valence-electron chi connectivity index (χ4n) is 3.37. The number of para-hydroxylation sites is 1. The summed E-state index contributed by atoms with van der Waals surface area (Å²) in [5, 5.41) is 10.0. The quantitative estimate of drug-likeness (QED) is 0.511. The average Bonchev–Trinajstić information content (AvgIpc) is 3.37. The lowest BCUT2D eigenvalue weighted by Gasteiger charge is -2.16. The van der Waals surface area contributed by atoms with Crippen LogP contribution in [0.25, 0.3) is 15.9 Å². The maximum absolute atomic E-state index is 13.0. The first-order valence-electron chi connectivity index (χ1n) is 9.31. The highest BCUT2D eigenvalue weighted by atomic mass is 32.1. The molecule has 0 bridgehead atoms. The van der Waals surface area contributed by atoms with Crippen LogP contribution >= 0.6 is 11.3 Å². The highest BCUT2D eigenvalue weighted by Gasteiger charge is 2.20. The molecule has 0 saturated carbocycles. The first-order chi connectivity index (χ1) is 13.5. The number of nitrogens with zero attached hydrogens (tertiary/aromatic N) is 5. The van der Waals surface area contributed by atoms with Crippen LogP contribution in [-0.4, -0.2) is 37.4 Å². The summed E-state index contributed by atoms with van der Waals surface area (Å²) < 4.78 is 3.87. The van der Waals surface area contributed by atoms with E-state index >= 15 is 0 Å². The van der Waals surface area contributed by atoms with E-state index in [0.717, 1.165) is 44.3 Å². The zero-order valence-corrected chi connectivity index (χ0v) is 17.3. The van der Waals surface area contributed by atoms with E-state index in [-0.39, 0.29) is 5.91 Å². The smallest absolute Gasteiger partial charge is 0.264 e. The maximum Gasteiger partial charge on any atom is 0.264 e. The normalized spacial score (nSPS) is 11.3. The lowest BCUT2D eigenvalue weighted by atomic mass is 10.2. The summed E-state index contributed by atoms with van der Waals surface area (Å²) in [4.78, 5) is 16.5. The molecular weight excluding hydrogens is 370 g/mol. The SMILES string of the molecule is CCn1ncc(CN(C)C(=O)c2cc3c(C)nn(-c4ccccc4)c3s2)c1C. The molecule has 0 aliphatic heterocycles. The molecule has 144 valence electrons. The molecule has 0 radical (unpaired) electrons. The summed E-state index contributed by atoms with van der Waals surface area (Å²) >= 11 is 1.49. The average molecular weight is 394 g/mol. The molecule has 1 amide bonds. The fourth-order valence-corrected chi connectivity index (χ4v) is 4.55. The van der Waals surface area contributed by atoms with E-state index in [1.54, 1.807) is 4.90 Å². The third kappa shape index (κ3) is 3.11. The zero-order valence-electron chi connectivity index (χ0n) is 16.5. The van der Waals surface area contributed by atoms with Crippen molar-refractivity contribution in [1.82, 2.24) is 24.5 Å². The molecule has 1 aromatic carbocycles. The molecule has 0 atom stereocenters. The van der Waals surface area contributed by atoms with Gasteiger partial charge in [-0.1, -0.05) is 18.2 Å². The van der Waals surface area contributed by atoms with Crippen molar-refractivity contribution >= 4 is 27.5 Å². The number of rotatable bonds is 5. The highest BCUT2D eigenvalue weighted by Crippen LogP contribution is 2.31. The topological polar surface area (TPSA) is 56.0 Å². The molecule has 0 saturated heterocycles. The summed E-state index contributed by atoms with van der Waals surface area (Å²) in [7, 11) is 1.84. The molecule has 3 heterocycles. The number of thiophene rings is 1. The molecule has 0 aliphatic carbocycles. The van der Waals surface area contributed by atoms with Gasteiger partial charge in [0.2, 0.25) is 0 Å². The number of aryl methyl sites for hydroxylation is 2. The van der Waals surface area contributed by atoms with E-state index in [0.29, 0.717) is 6.54 Å². The van der Waals surface area contributed by atoms with Crippen molar-refractivity contribution in [1.29, 1.82) is 0 Å².